The molecule has 130 valence electrons. The molecule has 2 heterocycles. The summed E-state index contributed by atoms with van der Waals surface area (Å²) in [6, 6.07) is 9.94. The smallest absolute Gasteiger partial charge is 0.270 e. The number of fused-ring (bicyclic) bond motifs is 1. The van der Waals surface area contributed by atoms with Gasteiger partial charge in [0, 0.05) is 30.2 Å². The van der Waals surface area contributed by atoms with E-state index in [4.69, 9.17) is 0 Å². The highest BCUT2D eigenvalue weighted by molar-refractivity contribution is 5.94. The van der Waals surface area contributed by atoms with Crippen LogP contribution < -0.4 is 5.32 Å². The number of carbonyl (C=O) groups excluding carboxylic acids is 1. The van der Waals surface area contributed by atoms with Crippen LogP contribution in [0, 0.1) is 6.92 Å². The molecule has 0 atom stereocenters. The second kappa shape index (κ2) is 6.31. The summed E-state index contributed by atoms with van der Waals surface area (Å²) in [4.78, 5) is 16.9. The number of nitrogens with one attached hydrogen (secondary N) is 1. The summed E-state index contributed by atoms with van der Waals surface area (Å²) in [5, 5.41) is 8.15. The van der Waals surface area contributed by atoms with E-state index in [9.17, 15) is 4.79 Å². The Morgan fingerprint density at radius 1 is 1.20 bits per heavy atom. The average Bonchev–Trinajstić information content (AvgIpc) is 2.89. The van der Waals surface area contributed by atoms with E-state index in [2.05, 4.69) is 48.3 Å². The normalized spacial score (nSPS) is 11.7. The highest BCUT2D eigenvalue weighted by Crippen LogP contribution is 2.25. The number of amides is 1. The highest BCUT2D eigenvalue weighted by Gasteiger charge is 2.15. The number of aromatic nitrogens is 3. The van der Waals surface area contributed by atoms with Gasteiger partial charge in [-0.1, -0.05) is 32.9 Å². The van der Waals surface area contributed by atoms with Gasteiger partial charge in [0.05, 0.1) is 11.7 Å². The first kappa shape index (κ1) is 17.1. The van der Waals surface area contributed by atoms with Crippen LogP contribution in [0.2, 0.25) is 0 Å². The third-order valence-electron chi connectivity index (χ3n) is 4.56. The zero-order valence-corrected chi connectivity index (χ0v) is 15.4. The number of aryl methyl sites for hydroxylation is 1. The van der Waals surface area contributed by atoms with Gasteiger partial charge in [-0.2, -0.15) is 5.10 Å². The van der Waals surface area contributed by atoms with E-state index in [0.717, 1.165) is 22.2 Å². The molecular weight excluding hydrogens is 312 g/mol. The number of nitrogens with zero attached hydrogens (tertiary/aromatic N) is 3. The first-order valence-electron chi connectivity index (χ1n) is 8.42. The summed E-state index contributed by atoms with van der Waals surface area (Å²) >= 11 is 0. The highest BCUT2D eigenvalue weighted by atomic mass is 16.1. The number of benzene rings is 1. The Balaban J connectivity index is 1.79. The number of carbonyl (C=O) groups is 1. The molecule has 0 saturated carbocycles. The van der Waals surface area contributed by atoms with Crippen LogP contribution in [0.25, 0.3) is 10.9 Å². The Bertz CT molecular complexity index is 935. The Kier molecular flexibility index (Phi) is 4.33. The van der Waals surface area contributed by atoms with Gasteiger partial charge in [-0.25, -0.2) is 4.98 Å². The van der Waals surface area contributed by atoms with Crippen LogP contribution in [0.5, 0.6) is 0 Å². The summed E-state index contributed by atoms with van der Waals surface area (Å²) in [5.41, 5.74) is 4.65. The zero-order chi connectivity index (χ0) is 18.2. The molecule has 3 aromatic rings. The van der Waals surface area contributed by atoms with Crippen molar-refractivity contribution in [2.75, 3.05) is 0 Å². The molecule has 0 saturated heterocycles. The summed E-state index contributed by atoms with van der Waals surface area (Å²) in [6.45, 7) is 8.98. The lowest BCUT2D eigenvalue weighted by Crippen LogP contribution is -2.24. The van der Waals surface area contributed by atoms with E-state index >= 15 is 0 Å². The van der Waals surface area contributed by atoms with Crippen LogP contribution in [-0.4, -0.2) is 20.7 Å². The van der Waals surface area contributed by atoms with E-state index in [1.54, 1.807) is 16.9 Å². The second-order valence-electron chi connectivity index (χ2n) is 7.42. The predicted molar refractivity (Wildman–Crippen MR) is 99.6 cm³/mol. The lowest BCUT2D eigenvalue weighted by molar-refractivity contribution is 0.0946. The quantitative estimate of drug-likeness (QED) is 0.796. The van der Waals surface area contributed by atoms with Crippen molar-refractivity contribution in [2.24, 2.45) is 7.05 Å². The molecule has 5 nitrogen and oxygen atoms in total. The predicted octanol–water partition coefficient (Wildman–Crippen LogP) is 3.50. The Morgan fingerprint density at radius 2 is 1.96 bits per heavy atom. The van der Waals surface area contributed by atoms with Crippen molar-refractivity contribution >= 4 is 16.8 Å². The van der Waals surface area contributed by atoms with Crippen molar-refractivity contribution in [3.63, 3.8) is 0 Å². The molecule has 0 aliphatic heterocycles. The van der Waals surface area contributed by atoms with Crippen LogP contribution in [0.15, 0.2) is 36.5 Å². The zero-order valence-electron chi connectivity index (χ0n) is 15.4. The van der Waals surface area contributed by atoms with Crippen LogP contribution in [0.1, 0.15) is 48.1 Å². The van der Waals surface area contributed by atoms with Crippen molar-refractivity contribution < 1.29 is 4.79 Å². The summed E-state index contributed by atoms with van der Waals surface area (Å²) in [6.07, 6.45) is 1.78. The minimum atomic E-state index is -0.176. The lowest BCUT2D eigenvalue weighted by atomic mass is 9.86. The molecule has 1 N–H and O–H groups in total. The van der Waals surface area contributed by atoms with E-state index in [1.165, 1.54) is 5.56 Å². The topological polar surface area (TPSA) is 59.8 Å². The van der Waals surface area contributed by atoms with Gasteiger partial charge in [0.1, 0.15) is 5.69 Å². The molecule has 0 unspecified atom stereocenters. The van der Waals surface area contributed by atoms with Crippen LogP contribution in [0.4, 0.5) is 0 Å². The average molecular weight is 336 g/mol. The molecule has 0 aliphatic carbocycles. The van der Waals surface area contributed by atoms with Gasteiger partial charge in [-0.15, -0.1) is 0 Å². The minimum Gasteiger partial charge on any atom is -0.346 e. The first-order valence-corrected chi connectivity index (χ1v) is 8.42. The molecule has 2 aromatic heterocycles. The van der Waals surface area contributed by atoms with Gasteiger partial charge in [-0.3, -0.25) is 9.48 Å². The minimum absolute atomic E-state index is 0.0891. The number of pyridine rings is 1. The van der Waals surface area contributed by atoms with Crippen molar-refractivity contribution in [1.82, 2.24) is 20.1 Å². The standard InChI is InChI=1S/C20H24N4O/c1-13-15(12-22-24(13)5)11-21-19(25)18-8-6-14-10-16(20(2,3)4)7-9-17(14)23-18/h6-10,12H,11H2,1-5H3,(H,21,25). The molecule has 1 aromatic carbocycles. The SMILES string of the molecule is Cc1c(CNC(=O)c2ccc3cc(C(C)(C)C)ccc3n2)cnn1C. The molecule has 0 radical (unpaired) electrons. The van der Waals surface area contributed by atoms with Gasteiger partial charge in [-0.05, 0) is 36.1 Å². The number of rotatable bonds is 3. The van der Waals surface area contributed by atoms with Gasteiger partial charge in [0.25, 0.3) is 5.91 Å². The third-order valence-corrected chi connectivity index (χ3v) is 4.56. The number of hydrogen-bond donors (Lipinski definition) is 1. The molecular formula is C20H24N4O. The summed E-state index contributed by atoms with van der Waals surface area (Å²) < 4.78 is 1.79. The molecule has 0 aliphatic rings. The molecule has 1 amide bonds. The Labute approximate surface area is 148 Å². The largest absolute Gasteiger partial charge is 0.346 e. The molecule has 0 fully saturated rings. The fourth-order valence-corrected chi connectivity index (χ4v) is 2.70. The third kappa shape index (κ3) is 3.55. The van der Waals surface area contributed by atoms with E-state index < -0.39 is 0 Å². The van der Waals surface area contributed by atoms with E-state index in [-0.39, 0.29) is 11.3 Å². The maximum Gasteiger partial charge on any atom is 0.270 e. The summed E-state index contributed by atoms with van der Waals surface area (Å²) in [5.74, 6) is -0.176. The molecule has 3 rings (SSSR count). The van der Waals surface area contributed by atoms with Crippen LogP contribution in [0.3, 0.4) is 0 Å². The van der Waals surface area contributed by atoms with Crippen molar-refractivity contribution in [2.45, 2.75) is 39.7 Å². The van der Waals surface area contributed by atoms with Gasteiger partial charge >= 0.3 is 0 Å². The monoisotopic (exact) mass is 336 g/mol. The van der Waals surface area contributed by atoms with Gasteiger partial charge in [0.15, 0.2) is 0 Å². The van der Waals surface area contributed by atoms with E-state index in [0.29, 0.717) is 12.2 Å². The molecule has 0 spiro atoms. The maximum atomic E-state index is 12.4. The van der Waals surface area contributed by atoms with E-state index in [1.807, 2.05) is 26.1 Å². The molecule has 0 bridgehead atoms. The Morgan fingerprint density at radius 3 is 2.60 bits per heavy atom. The van der Waals surface area contributed by atoms with Gasteiger partial charge in [0.2, 0.25) is 0 Å². The fourth-order valence-electron chi connectivity index (χ4n) is 2.70. The molecule has 5 heteroatoms. The second-order valence-corrected chi connectivity index (χ2v) is 7.42. The maximum absolute atomic E-state index is 12.4. The molecule has 25 heavy (non-hydrogen) atoms. The Hall–Kier alpha value is -2.69. The van der Waals surface area contributed by atoms with Crippen molar-refractivity contribution in [1.29, 1.82) is 0 Å². The van der Waals surface area contributed by atoms with Crippen molar-refractivity contribution in [3.05, 3.63) is 59.0 Å². The van der Waals surface area contributed by atoms with Crippen LogP contribution >= 0.6 is 0 Å². The van der Waals surface area contributed by atoms with Crippen molar-refractivity contribution in [3.8, 4) is 0 Å². The fraction of sp³-hybridized carbons (Fsp3) is 0.350. The van der Waals surface area contributed by atoms with Gasteiger partial charge < -0.3 is 5.32 Å². The lowest BCUT2D eigenvalue weighted by Gasteiger charge is -2.19. The number of hydrogen-bond acceptors (Lipinski definition) is 3. The first-order chi connectivity index (χ1) is 11.8. The van der Waals surface area contributed by atoms with Crippen LogP contribution in [-0.2, 0) is 19.0 Å². The summed E-state index contributed by atoms with van der Waals surface area (Å²) in [7, 11) is 1.89.